The van der Waals surface area contributed by atoms with Gasteiger partial charge in [-0.05, 0) is 38.0 Å². The van der Waals surface area contributed by atoms with E-state index in [1.165, 1.54) is 11.1 Å². The van der Waals surface area contributed by atoms with Crippen LogP contribution in [-0.4, -0.2) is 16.6 Å². The van der Waals surface area contributed by atoms with Crippen LogP contribution in [-0.2, 0) is 13.1 Å². The smallest absolute Gasteiger partial charge is 0.315 e. The van der Waals surface area contributed by atoms with Crippen molar-refractivity contribution in [3.8, 4) is 0 Å². The molecule has 118 valence electrons. The number of urea groups is 1. The van der Waals surface area contributed by atoms with Gasteiger partial charge in [-0.3, -0.25) is 0 Å². The van der Waals surface area contributed by atoms with Crippen LogP contribution >= 0.6 is 0 Å². The number of carbonyl (C=O) groups is 1. The van der Waals surface area contributed by atoms with E-state index in [0.29, 0.717) is 6.54 Å². The third-order valence-corrected chi connectivity index (χ3v) is 3.78. The van der Waals surface area contributed by atoms with E-state index in [1.54, 1.807) is 0 Å². The van der Waals surface area contributed by atoms with E-state index >= 15 is 0 Å². The second-order valence-electron chi connectivity index (χ2n) is 5.75. The van der Waals surface area contributed by atoms with Gasteiger partial charge in [0.2, 0.25) is 0 Å². The Morgan fingerprint density at radius 1 is 1.27 bits per heavy atom. The lowest BCUT2D eigenvalue weighted by atomic mass is 10.1. The number of aromatic nitrogens is 1. The molecule has 0 aliphatic rings. The van der Waals surface area contributed by atoms with Crippen molar-refractivity contribution in [1.82, 2.24) is 15.2 Å². The largest absolute Gasteiger partial charge is 0.345 e. The van der Waals surface area contributed by atoms with Gasteiger partial charge in [0, 0.05) is 24.5 Å². The molecule has 0 radical (unpaired) electrons. The average Bonchev–Trinajstić information content (AvgIpc) is 2.92. The molecule has 0 bridgehead atoms. The van der Waals surface area contributed by atoms with E-state index in [9.17, 15) is 4.79 Å². The zero-order valence-corrected chi connectivity index (χ0v) is 13.6. The third kappa shape index (κ3) is 4.65. The Labute approximate surface area is 132 Å². The summed E-state index contributed by atoms with van der Waals surface area (Å²) in [7, 11) is 0. The van der Waals surface area contributed by atoms with Gasteiger partial charge in [0.05, 0.1) is 6.54 Å². The van der Waals surface area contributed by atoms with E-state index in [-0.39, 0.29) is 12.1 Å². The quantitative estimate of drug-likeness (QED) is 0.843. The highest BCUT2D eigenvalue weighted by Gasteiger charge is 2.07. The molecule has 4 heteroatoms. The monoisotopic (exact) mass is 299 g/mol. The summed E-state index contributed by atoms with van der Waals surface area (Å²) in [6.07, 6.45) is 2.98. The first-order valence-corrected chi connectivity index (χ1v) is 7.82. The van der Waals surface area contributed by atoms with Crippen molar-refractivity contribution in [2.24, 2.45) is 0 Å². The van der Waals surface area contributed by atoms with E-state index in [2.05, 4.69) is 53.3 Å². The predicted octanol–water partition coefficient (Wildman–Crippen LogP) is 3.44. The van der Waals surface area contributed by atoms with Crippen LogP contribution in [0.25, 0.3) is 0 Å². The van der Waals surface area contributed by atoms with Crippen molar-refractivity contribution in [2.45, 2.75) is 46.3 Å². The van der Waals surface area contributed by atoms with Crippen LogP contribution in [0.3, 0.4) is 0 Å². The summed E-state index contributed by atoms with van der Waals surface area (Å²) < 4.78 is 2.16. The normalized spacial score (nSPS) is 12.0. The number of hydrogen-bond acceptors (Lipinski definition) is 1. The summed E-state index contributed by atoms with van der Waals surface area (Å²) >= 11 is 0. The highest BCUT2D eigenvalue weighted by atomic mass is 16.2. The standard InChI is InChI=1S/C18H25N3O/c1-4-15(3)20-18(22)19-12-17-9-6-10-21(17)13-16-8-5-7-14(2)11-16/h5-11,15H,4,12-13H2,1-3H3,(H2,19,20,22)/t15-/m0/s1. The molecule has 2 rings (SSSR count). The maximum absolute atomic E-state index is 11.8. The molecule has 1 aromatic heterocycles. The molecule has 2 amide bonds. The lowest BCUT2D eigenvalue weighted by molar-refractivity contribution is 0.237. The van der Waals surface area contributed by atoms with Crippen LogP contribution in [0.1, 0.15) is 37.1 Å². The highest BCUT2D eigenvalue weighted by molar-refractivity contribution is 5.74. The summed E-state index contributed by atoms with van der Waals surface area (Å²) in [5.41, 5.74) is 3.62. The first-order valence-electron chi connectivity index (χ1n) is 7.82. The van der Waals surface area contributed by atoms with Gasteiger partial charge in [-0.2, -0.15) is 0 Å². The van der Waals surface area contributed by atoms with E-state index in [1.807, 2.05) is 25.3 Å². The zero-order valence-electron chi connectivity index (χ0n) is 13.6. The van der Waals surface area contributed by atoms with Gasteiger partial charge in [0.1, 0.15) is 0 Å². The van der Waals surface area contributed by atoms with Gasteiger partial charge in [0.25, 0.3) is 0 Å². The van der Waals surface area contributed by atoms with Crippen LogP contribution in [0.5, 0.6) is 0 Å². The topological polar surface area (TPSA) is 46.1 Å². The maximum Gasteiger partial charge on any atom is 0.315 e. The molecule has 0 fully saturated rings. The molecule has 0 aliphatic carbocycles. The van der Waals surface area contributed by atoms with Gasteiger partial charge in [0.15, 0.2) is 0 Å². The molecule has 22 heavy (non-hydrogen) atoms. The van der Waals surface area contributed by atoms with Gasteiger partial charge < -0.3 is 15.2 Å². The lowest BCUT2D eigenvalue weighted by Gasteiger charge is -2.14. The van der Waals surface area contributed by atoms with Gasteiger partial charge in [-0.1, -0.05) is 36.8 Å². The minimum absolute atomic E-state index is 0.113. The first-order chi connectivity index (χ1) is 10.6. The Hall–Kier alpha value is -2.23. The molecule has 1 atom stereocenters. The SMILES string of the molecule is CC[C@H](C)NC(=O)NCc1cccn1Cc1cccc(C)c1. The zero-order chi connectivity index (χ0) is 15.9. The van der Waals surface area contributed by atoms with Crippen LogP contribution in [0.2, 0.25) is 0 Å². The van der Waals surface area contributed by atoms with Gasteiger partial charge in [-0.15, -0.1) is 0 Å². The van der Waals surface area contributed by atoms with E-state index in [4.69, 9.17) is 0 Å². The third-order valence-electron chi connectivity index (χ3n) is 3.78. The molecular weight excluding hydrogens is 274 g/mol. The number of benzene rings is 1. The predicted molar refractivity (Wildman–Crippen MR) is 89.8 cm³/mol. The molecule has 1 heterocycles. The Morgan fingerprint density at radius 2 is 2.09 bits per heavy atom. The van der Waals surface area contributed by atoms with Crippen molar-refractivity contribution < 1.29 is 4.79 Å². The molecule has 0 saturated carbocycles. The van der Waals surface area contributed by atoms with Crippen molar-refractivity contribution in [3.05, 3.63) is 59.4 Å². The van der Waals surface area contributed by atoms with Crippen molar-refractivity contribution in [2.75, 3.05) is 0 Å². The highest BCUT2D eigenvalue weighted by Crippen LogP contribution is 2.09. The van der Waals surface area contributed by atoms with E-state index in [0.717, 1.165) is 18.7 Å². The van der Waals surface area contributed by atoms with Gasteiger partial charge >= 0.3 is 6.03 Å². The number of rotatable bonds is 6. The molecule has 0 aliphatic heterocycles. The minimum atomic E-state index is -0.113. The van der Waals surface area contributed by atoms with Crippen LogP contribution in [0.15, 0.2) is 42.6 Å². The van der Waals surface area contributed by atoms with Crippen LogP contribution < -0.4 is 10.6 Å². The van der Waals surface area contributed by atoms with Crippen molar-refractivity contribution >= 4 is 6.03 Å². The Kier molecular flexibility index (Phi) is 5.64. The van der Waals surface area contributed by atoms with E-state index < -0.39 is 0 Å². The Bertz CT molecular complexity index is 618. The molecular formula is C18H25N3O. The molecule has 0 unspecified atom stereocenters. The number of amides is 2. The van der Waals surface area contributed by atoms with Crippen LogP contribution in [0.4, 0.5) is 4.79 Å². The van der Waals surface area contributed by atoms with Crippen molar-refractivity contribution in [1.29, 1.82) is 0 Å². The molecule has 4 nitrogen and oxygen atoms in total. The summed E-state index contributed by atoms with van der Waals surface area (Å²) in [5, 5.41) is 5.83. The number of aryl methyl sites for hydroxylation is 1. The number of carbonyl (C=O) groups excluding carboxylic acids is 1. The minimum Gasteiger partial charge on any atom is -0.345 e. The van der Waals surface area contributed by atoms with Gasteiger partial charge in [-0.25, -0.2) is 4.79 Å². The summed E-state index contributed by atoms with van der Waals surface area (Å²) in [6.45, 7) is 7.50. The summed E-state index contributed by atoms with van der Waals surface area (Å²) in [6, 6.07) is 12.6. The van der Waals surface area contributed by atoms with Crippen molar-refractivity contribution in [3.63, 3.8) is 0 Å². The van der Waals surface area contributed by atoms with Crippen LogP contribution in [0, 0.1) is 6.92 Å². The molecule has 1 aromatic carbocycles. The summed E-state index contributed by atoms with van der Waals surface area (Å²) in [5.74, 6) is 0. The second kappa shape index (κ2) is 7.69. The fourth-order valence-corrected chi connectivity index (χ4v) is 2.32. The average molecular weight is 299 g/mol. The molecule has 2 N–H and O–H groups in total. The molecule has 0 saturated heterocycles. The molecule has 0 spiro atoms. The fourth-order valence-electron chi connectivity index (χ4n) is 2.32. The summed E-state index contributed by atoms with van der Waals surface area (Å²) in [4.78, 5) is 11.8. The Balaban J connectivity index is 1.94. The molecule has 2 aromatic rings. The number of nitrogens with zero attached hydrogens (tertiary/aromatic N) is 1. The lowest BCUT2D eigenvalue weighted by Crippen LogP contribution is -2.40. The number of hydrogen-bond donors (Lipinski definition) is 2. The second-order valence-corrected chi connectivity index (χ2v) is 5.75. The first kappa shape index (κ1) is 16.1. The number of nitrogens with one attached hydrogen (secondary N) is 2. The fraction of sp³-hybridized carbons (Fsp3) is 0.389. The Morgan fingerprint density at radius 3 is 2.82 bits per heavy atom. The maximum atomic E-state index is 11.8.